The third kappa shape index (κ3) is 3.44. The third-order valence-electron chi connectivity index (χ3n) is 8.91. The SMILES string of the molecule is N#CC12CN(c3ccc(Br)cc3)CC(C#N)(C3=NCN(c4ccc(Br)cc4)CN3C1=S)C21CCCCC1. The molecule has 3 aliphatic heterocycles. The molecule has 2 saturated heterocycles. The summed E-state index contributed by atoms with van der Waals surface area (Å²) in [7, 11) is 0. The summed E-state index contributed by atoms with van der Waals surface area (Å²) >= 11 is 13.3. The zero-order valence-corrected chi connectivity index (χ0v) is 24.3. The lowest BCUT2D eigenvalue weighted by Crippen LogP contribution is -2.79. The molecule has 188 valence electrons. The van der Waals surface area contributed by atoms with Gasteiger partial charge in [0.2, 0.25) is 0 Å². The Labute approximate surface area is 239 Å². The first-order valence-electron chi connectivity index (χ1n) is 12.6. The van der Waals surface area contributed by atoms with E-state index in [1.165, 1.54) is 0 Å². The highest BCUT2D eigenvalue weighted by molar-refractivity contribution is 9.10. The zero-order chi connectivity index (χ0) is 25.8. The fourth-order valence-corrected chi connectivity index (χ4v) is 8.15. The maximum atomic E-state index is 11.1. The molecule has 2 unspecified atom stereocenters. The number of amidine groups is 1. The molecule has 4 aliphatic rings. The van der Waals surface area contributed by atoms with Gasteiger partial charge in [0.05, 0.1) is 18.8 Å². The molecule has 3 heterocycles. The van der Waals surface area contributed by atoms with Crippen molar-refractivity contribution in [2.75, 3.05) is 36.2 Å². The number of hydrogen-bond acceptors (Lipinski definition) is 6. The van der Waals surface area contributed by atoms with Gasteiger partial charge in [0.15, 0.2) is 0 Å². The number of rotatable bonds is 2. The fourth-order valence-electron chi connectivity index (χ4n) is 7.17. The standard InChI is InChI=1S/C28H26Br2N6S/c29-20-4-8-22(9-5-20)34-16-26(14-31)24-33-18-35(23-10-6-21(30)7-11-23)19-36(24)25(37)27(15-32,17-34)28(26)12-2-1-3-13-28/h4-11H,1-3,12-13,16-19H2. The lowest BCUT2D eigenvalue weighted by atomic mass is 9.42. The van der Waals surface area contributed by atoms with Gasteiger partial charge in [-0.15, -0.1) is 0 Å². The summed E-state index contributed by atoms with van der Waals surface area (Å²) < 4.78 is 2.01. The Morgan fingerprint density at radius 3 is 1.89 bits per heavy atom. The van der Waals surface area contributed by atoms with Crippen molar-refractivity contribution in [1.29, 1.82) is 10.5 Å². The van der Waals surface area contributed by atoms with Gasteiger partial charge in [0.1, 0.15) is 28.3 Å². The molecule has 6 rings (SSSR count). The molecule has 0 N–H and O–H groups in total. The molecule has 2 aromatic carbocycles. The Morgan fingerprint density at radius 2 is 1.32 bits per heavy atom. The molecule has 6 nitrogen and oxygen atoms in total. The molecule has 37 heavy (non-hydrogen) atoms. The first-order chi connectivity index (χ1) is 17.9. The van der Waals surface area contributed by atoms with E-state index in [9.17, 15) is 10.5 Å². The Bertz CT molecular complexity index is 1360. The molecule has 1 spiro atoms. The number of nitriles is 2. The molecule has 2 bridgehead atoms. The van der Waals surface area contributed by atoms with Gasteiger partial charge >= 0.3 is 0 Å². The molecule has 9 heteroatoms. The number of piperidine rings is 2. The second-order valence-electron chi connectivity index (χ2n) is 10.5. The van der Waals surface area contributed by atoms with Crippen LogP contribution in [0.4, 0.5) is 11.4 Å². The van der Waals surface area contributed by atoms with Crippen molar-refractivity contribution in [3.05, 3.63) is 57.5 Å². The quantitative estimate of drug-likeness (QED) is 0.351. The van der Waals surface area contributed by atoms with Crippen molar-refractivity contribution in [2.24, 2.45) is 21.2 Å². The fraction of sp³-hybridized carbons (Fsp3) is 0.429. The zero-order valence-electron chi connectivity index (χ0n) is 20.3. The van der Waals surface area contributed by atoms with E-state index in [0.29, 0.717) is 31.4 Å². The van der Waals surface area contributed by atoms with Crippen LogP contribution in [0.25, 0.3) is 0 Å². The van der Waals surface area contributed by atoms with Crippen LogP contribution in [-0.4, -0.2) is 42.2 Å². The number of halogens is 2. The number of nitrogens with zero attached hydrogens (tertiary/aromatic N) is 6. The lowest BCUT2D eigenvalue weighted by molar-refractivity contribution is -0.0223. The lowest BCUT2D eigenvalue weighted by Gasteiger charge is -2.68. The minimum atomic E-state index is -0.967. The normalized spacial score (nSPS) is 28.3. The predicted octanol–water partition coefficient (Wildman–Crippen LogP) is 6.48. The number of anilines is 2. The van der Waals surface area contributed by atoms with E-state index in [1.807, 2.05) is 41.3 Å². The van der Waals surface area contributed by atoms with Gasteiger partial charge in [-0.2, -0.15) is 10.5 Å². The van der Waals surface area contributed by atoms with Gasteiger partial charge in [-0.05, 0) is 61.4 Å². The molecule has 1 aliphatic carbocycles. The minimum absolute atomic E-state index is 0.452. The average Bonchev–Trinajstić information content (AvgIpc) is 2.93. The largest absolute Gasteiger partial charge is 0.367 e. The second-order valence-corrected chi connectivity index (χ2v) is 12.7. The summed E-state index contributed by atoms with van der Waals surface area (Å²) in [6, 6.07) is 21.8. The van der Waals surface area contributed by atoms with Crippen molar-refractivity contribution in [3.63, 3.8) is 0 Å². The first-order valence-corrected chi connectivity index (χ1v) is 14.6. The smallest absolute Gasteiger partial charge is 0.140 e. The minimum Gasteiger partial charge on any atom is -0.367 e. The van der Waals surface area contributed by atoms with Crippen molar-refractivity contribution >= 4 is 66.3 Å². The van der Waals surface area contributed by atoms with Crippen LogP contribution in [0.15, 0.2) is 62.5 Å². The summed E-state index contributed by atoms with van der Waals surface area (Å²) in [5, 5.41) is 22.1. The van der Waals surface area contributed by atoms with Crippen molar-refractivity contribution < 1.29 is 0 Å². The van der Waals surface area contributed by atoms with E-state index in [2.05, 4.69) is 65.9 Å². The van der Waals surface area contributed by atoms with E-state index >= 15 is 0 Å². The van der Waals surface area contributed by atoms with Gasteiger partial charge in [0.25, 0.3) is 0 Å². The van der Waals surface area contributed by atoms with Crippen LogP contribution in [-0.2, 0) is 0 Å². The summed E-state index contributed by atoms with van der Waals surface area (Å²) in [5.41, 5.74) is -0.406. The highest BCUT2D eigenvalue weighted by Gasteiger charge is 2.75. The first kappa shape index (κ1) is 24.9. The van der Waals surface area contributed by atoms with E-state index in [4.69, 9.17) is 17.2 Å². The molecule has 2 aromatic rings. The topological polar surface area (TPSA) is 69.7 Å². The molecule has 3 fully saturated rings. The van der Waals surface area contributed by atoms with Crippen LogP contribution in [0.1, 0.15) is 32.1 Å². The molecular weight excluding hydrogens is 612 g/mol. The molecule has 2 atom stereocenters. The van der Waals surface area contributed by atoms with Crippen LogP contribution in [0.2, 0.25) is 0 Å². The average molecular weight is 638 g/mol. The Morgan fingerprint density at radius 1 is 0.784 bits per heavy atom. The van der Waals surface area contributed by atoms with Gasteiger partial charge in [-0.1, -0.05) is 63.3 Å². The van der Waals surface area contributed by atoms with Gasteiger partial charge in [-0.25, -0.2) is 4.99 Å². The Balaban J connectivity index is 1.52. The van der Waals surface area contributed by atoms with E-state index in [-0.39, 0.29) is 0 Å². The second kappa shape index (κ2) is 9.08. The van der Waals surface area contributed by atoms with E-state index in [1.54, 1.807) is 0 Å². The number of aliphatic imine (C=N–C) groups is 1. The summed E-state index contributed by atoms with van der Waals surface area (Å²) in [4.78, 5) is 12.1. The number of hydrogen-bond donors (Lipinski definition) is 0. The van der Waals surface area contributed by atoms with E-state index in [0.717, 1.165) is 58.3 Å². The van der Waals surface area contributed by atoms with Crippen molar-refractivity contribution in [1.82, 2.24) is 4.90 Å². The summed E-state index contributed by atoms with van der Waals surface area (Å²) in [6.07, 6.45) is 4.79. The van der Waals surface area contributed by atoms with Gasteiger partial charge in [-0.3, -0.25) is 0 Å². The van der Waals surface area contributed by atoms with Gasteiger partial charge in [0, 0.05) is 38.8 Å². The number of thiocarbonyl (C=S) groups is 1. The van der Waals surface area contributed by atoms with Crippen LogP contribution in [0.5, 0.6) is 0 Å². The van der Waals surface area contributed by atoms with Crippen molar-refractivity contribution in [2.45, 2.75) is 32.1 Å². The maximum absolute atomic E-state index is 11.1. The third-order valence-corrected chi connectivity index (χ3v) is 10.5. The van der Waals surface area contributed by atoms with Crippen LogP contribution in [0, 0.1) is 38.9 Å². The van der Waals surface area contributed by atoms with Crippen LogP contribution >= 0.6 is 44.1 Å². The molecule has 0 radical (unpaired) electrons. The Kier molecular flexibility index (Phi) is 6.10. The predicted molar refractivity (Wildman–Crippen MR) is 156 cm³/mol. The molecular formula is C28H26Br2N6S. The van der Waals surface area contributed by atoms with Gasteiger partial charge < -0.3 is 14.7 Å². The Hall–Kier alpha value is -2.46. The van der Waals surface area contributed by atoms with Crippen LogP contribution < -0.4 is 9.80 Å². The summed E-state index contributed by atoms with van der Waals surface area (Å²) in [6.45, 7) is 1.92. The number of fused-ring (bicyclic) bond motifs is 2. The monoisotopic (exact) mass is 636 g/mol. The highest BCUT2D eigenvalue weighted by atomic mass is 79.9. The number of benzene rings is 2. The van der Waals surface area contributed by atoms with Crippen LogP contribution in [0.3, 0.4) is 0 Å². The van der Waals surface area contributed by atoms with Crippen molar-refractivity contribution in [3.8, 4) is 12.1 Å². The van der Waals surface area contributed by atoms with E-state index < -0.39 is 16.2 Å². The highest BCUT2D eigenvalue weighted by Crippen LogP contribution is 2.67. The summed E-state index contributed by atoms with van der Waals surface area (Å²) in [5.74, 6) is 0.753. The molecule has 0 aromatic heterocycles. The molecule has 0 amide bonds. The molecule has 1 saturated carbocycles. The maximum Gasteiger partial charge on any atom is 0.140 e.